The van der Waals surface area contributed by atoms with E-state index < -0.39 is 27.5 Å². The van der Waals surface area contributed by atoms with Gasteiger partial charge in [-0.05, 0) is 48.2 Å². The quantitative estimate of drug-likeness (QED) is 0.553. The average molecular weight is 488 g/mol. The fraction of sp³-hybridized carbons (Fsp3) is 0.250. The van der Waals surface area contributed by atoms with E-state index in [1.165, 1.54) is 12.1 Å². The van der Waals surface area contributed by atoms with Crippen molar-refractivity contribution in [2.75, 3.05) is 10.5 Å². The number of dihydropyridines is 1. The molecule has 0 bridgehead atoms. The first kappa shape index (κ1) is 23.2. The van der Waals surface area contributed by atoms with Gasteiger partial charge in [-0.25, -0.2) is 12.8 Å². The summed E-state index contributed by atoms with van der Waals surface area (Å²) < 4.78 is 41.9. The Labute approximate surface area is 197 Å². The van der Waals surface area contributed by atoms with Gasteiger partial charge in [-0.2, -0.15) is 0 Å². The van der Waals surface area contributed by atoms with Gasteiger partial charge in [0.25, 0.3) is 0 Å². The average Bonchev–Trinajstić information content (AvgIpc) is 3.19. The number of rotatable bonds is 7. The molecule has 0 saturated carbocycles. The van der Waals surface area contributed by atoms with Crippen LogP contribution in [0.1, 0.15) is 34.8 Å². The molecular formula is C24H23ClFN3O3S. The van der Waals surface area contributed by atoms with Gasteiger partial charge in [0.05, 0.1) is 17.0 Å². The summed E-state index contributed by atoms with van der Waals surface area (Å²) in [6, 6.07) is 10.1. The lowest BCUT2D eigenvalue weighted by atomic mass is 9.87. The largest absolute Gasteiger partial charge is 0.369 e. The Balaban J connectivity index is 1.66. The minimum Gasteiger partial charge on any atom is -0.369 e. The van der Waals surface area contributed by atoms with Crippen molar-refractivity contribution in [2.45, 2.75) is 26.4 Å². The molecule has 172 valence electrons. The second kappa shape index (κ2) is 9.11. The number of halogens is 2. The Bertz CT molecular complexity index is 1300. The van der Waals surface area contributed by atoms with Crippen molar-refractivity contribution < 1.29 is 17.6 Å². The number of hydrogen-bond acceptors (Lipinski definition) is 5. The number of carbonyl (C=O) groups excluding carboxylic acids is 1. The number of aliphatic imine (C=N–C) groups is 1. The molecule has 0 saturated heterocycles. The molecule has 2 aliphatic heterocycles. The summed E-state index contributed by atoms with van der Waals surface area (Å²) in [7, 11) is -3.71. The van der Waals surface area contributed by atoms with Gasteiger partial charge >= 0.3 is 0 Å². The van der Waals surface area contributed by atoms with Crippen LogP contribution < -0.4 is 10.0 Å². The van der Waals surface area contributed by atoms with Gasteiger partial charge in [-0.1, -0.05) is 42.8 Å². The fourth-order valence-corrected chi connectivity index (χ4v) is 5.21. The molecule has 4 rings (SSSR count). The van der Waals surface area contributed by atoms with Crippen LogP contribution in [0.5, 0.6) is 0 Å². The summed E-state index contributed by atoms with van der Waals surface area (Å²) in [5.74, 6) is -1.93. The number of benzene rings is 2. The molecule has 9 heteroatoms. The molecule has 0 amide bonds. The zero-order chi connectivity index (χ0) is 23.8. The molecule has 0 spiro atoms. The van der Waals surface area contributed by atoms with Crippen molar-refractivity contribution in [1.29, 1.82) is 0 Å². The molecule has 2 aliphatic rings. The standard InChI is InChI=1S/C24H23ClFN3O3S/c1-3-10-33(31,32)29-20-9-4-14(2)21(22(20)26)23(30)19-13-28-24-18(19)11-16(12-27-24)15-5-7-17(25)8-6-15/h4-9,11-13,18,24,28-29H,3,10H2,1-2H3. The second-order valence-electron chi connectivity index (χ2n) is 8.01. The van der Waals surface area contributed by atoms with Crippen LogP contribution in [0.15, 0.2) is 59.2 Å². The molecule has 2 aromatic rings. The summed E-state index contributed by atoms with van der Waals surface area (Å²) in [6.07, 6.45) is 5.23. The van der Waals surface area contributed by atoms with Gasteiger partial charge in [0.2, 0.25) is 10.0 Å². The Morgan fingerprint density at radius 1 is 1.21 bits per heavy atom. The number of nitrogens with zero attached hydrogens (tertiary/aromatic N) is 1. The first-order valence-electron chi connectivity index (χ1n) is 10.5. The third-order valence-corrected chi connectivity index (χ3v) is 7.33. The maximum Gasteiger partial charge on any atom is 0.232 e. The summed E-state index contributed by atoms with van der Waals surface area (Å²) in [4.78, 5) is 18.0. The number of fused-ring (bicyclic) bond motifs is 1. The molecule has 2 N–H and O–H groups in total. The van der Waals surface area contributed by atoms with Crippen LogP contribution >= 0.6 is 11.6 Å². The van der Waals surface area contributed by atoms with Crippen LogP contribution in [0, 0.1) is 18.7 Å². The highest BCUT2D eigenvalue weighted by Gasteiger charge is 2.36. The molecular weight excluding hydrogens is 465 g/mol. The number of carbonyl (C=O) groups is 1. The SMILES string of the molecule is CCCS(=O)(=O)Nc1ccc(C)c(C(=O)C2=CNC3N=CC(c4ccc(Cl)cc4)=CC23)c1F. The lowest BCUT2D eigenvalue weighted by Crippen LogP contribution is -2.28. The summed E-state index contributed by atoms with van der Waals surface area (Å²) in [5.41, 5.74) is 2.11. The van der Waals surface area contributed by atoms with Crippen molar-refractivity contribution in [3.63, 3.8) is 0 Å². The fourth-order valence-electron chi connectivity index (χ4n) is 3.95. The summed E-state index contributed by atoms with van der Waals surface area (Å²) in [6.45, 7) is 3.34. The first-order valence-corrected chi connectivity index (χ1v) is 12.5. The van der Waals surface area contributed by atoms with Crippen molar-refractivity contribution in [1.82, 2.24) is 5.32 Å². The molecule has 0 aromatic heterocycles. The van der Waals surface area contributed by atoms with Crippen molar-refractivity contribution in [3.05, 3.63) is 81.8 Å². The number of hydrogen-bond donors (Lipinski definition) is 2. The van der Waals surface area contributed by atoms with Gasteiger partial charge in [0.15, 0.2) is 11.6 Å². The highest BCUT2D eigenvalue weighted by molar-refractivity contribution is 7.92. The molecule has 2 aromatic carbocycles. The van der Waals surface area contributed by atoms with Gasteiger partial charge in [0.1, 0.15) is 6.17 Å². The number of anilines is 1. The third-order valence-electron chi connectivity index (χ3n) is 5.60. The topological polar surface area (TPSA) is 87.6 Å². The molecule has 2 heterocycles. The van der Waals surface area contributed by atoms with Gasteiger partial charge < -0.3 is 5.32 Å². The van der Waals surface area contributed by atoms with E-state index in [9.17, 15) is 13.2 Å². The minimum atomic E-state index is -3.71. The number of sulfonamides is 1. The van der Waals surface area contributed by atoms with Gasteiger partial charge in [-0.15, -0.1) is 0 Å². The first-order chi connectivity index (χ1) is 15.7. The zero-order valence-corrected chi connectivity index (χ0v) is 19.7. The third kappa shape index (κ3) is 4.72. The van der Waals surface area contributed by atoms with E-state index in [0.29, 0.717) is 22.6 Å². The van der Waals surface area contributed by atoms with Crippen LogP contribution in [0.3, 0.4) is 0 Å². The Morgan fingerprint density at radius 3 is 2.64 bits per heavy atom. The van der Waals surface area contributed by atoms with Crippen molar-refractivity contribution >= 4 is 44.9 Å². The van der Waals surface area contributed by atoms with Gasteiger partial charge in [0, 0.05) is 28.9 Å². The molecule has 0 aliphatic carbocycles. The van der Waals surface area contributed by atoms with Crippen LogP contribution in [0.2, 0.25) is 5.02 Å². The van der Waals surface area contributed by atoms with Crippen LogP contribution in [0.4, 0.5) is 10.1 Å². The lowest BCUT2D eigenvalue weighted by molar-refractivity contribution is 0.102. The highest BCUT2D eigenvalue weighted by atomic mass is 35.5. The number of aryl methyl sites for hydroxylation is 1. The number of Topliss-reactive ketones (excluding diaryl/α,β-unsaturated/α-hetero) is 1. The number of ketones is 1. The van der Waals surface area contributed by atoms with Crippen molar-refractivity contribution in [3.8, 4) is 0 Å². The minimum absolute atomic E-state index is 0.140. The van der Waals surface area contributed by atoms with E-state index in [2.05, 4.69) is 15.0 Å². The summed E-state index contributed by atoms with van der Waals surface area (Å²) >= 11 is 5.98. The Hall–Kier alpha value is -2.97. The van der Waals surface area contributed by atoms with E-state index in [1.54, 1.807) is 38.4 Å². The second-order valence-corrected chi connectivity index (χ2v) is 10.3. The molecule has 2 unspecified atom stereocenters. The van der Waals surface area contributed by atoms with Crippen LogP contribution in [-0.2, 0) is 10.0 Å². The predicted molar refractivity (Wildman–Crippen MR) is 130 cm³/mol. The highest BCUT2D eigenvalue weighted by Crippen LogP contribution is 2.34. The van der Waals surface area contributed by atoms with E-state index in [0.717, 1.165) is 11.1 Å². The van der Waals surface area contributed by atoms with E-state index in [-0.39, 0.29) is 23.2 Å². The predicted octanol–water partition coefficient (Wildman–Crippen LogP) is 4.72. The van der Waals surface area contributed by atoms with E-state index >= 15 is 4.39 Å². The molecule has 0 fully saturated rings. The van der Waals surface area contributed by atoms with Crippen LogP contribution in [-0.4, -0.2) is 32.3 Å². The number of nitrogens with one attached hydrogen (secondary N) is 2. The molecule has 6 nitrogen and oxygen atoms in total. The normalized spacial score (nSPS) is 19.4. The smallest absolute Gasteiger partial charge is 0.232 e. The molecule has 33 heavy (non-hydrogen) atoms. The van der Waals surface area contributed by atoms with E-state index in [4.69, 9.17) is 11.6 Å². The number of allylic oxidation sites excluding steroid dienone is 1. The molecule has 0 radical (unpaired) electrons. The van der Waals surface area contributed by atoms with Crippen LogP contribution in [0.25, 0.3) is 5.57 Å². The maximum absolute atomic E-state index is 15.4. The van der Waals surface area contributed by atoms with Crippen molar-refractivity contribution in [2.24, 2.45) is 10.9 Å². The lowest BCUT2D eigenvalue weighted by Gasteiger charge is -2.21. The summed E-state index contributed by atoms with van der Waals surface area (Å²) in [5, 5.41) is 3.68. The Kier molecular flexibility index (Phi) is 6.41. The molecule has 2 atom stereocenters. The van der Waals surface area contributed by atoms with Gasteiger partial charge in [-0.3, -0.25) is 14.5 Å². The van der Waals surface area contributed by atoms with E-state index in [1.807, 2.05) is 18.2 Å². The Morgan fingerprint density at radius 2 is 1.94 bits per heavy atom. The monoisotopic (exact) mass is 487 g/mol. The maximum atomic E-state index is 15.4. The zero-order valence-electron chi connectivity index (χ0n) is 18.1.